The number of hydrogen-bond donors (Lipinski definition) is 3. The van der Waals surface area contributed by atoms with Gasteiger partial charge >= 0.3 is 11.6 Å². The predicted molar refractivity (Wildman–Crippen MR) is 151 cm³/mol. The van der Waals surface area contributed by atoms with Crippen LogP contribution in [-0.4, -0.2) is 35.0 Å². The van der Waals surface area contributed by atoms with E-state index in [-0.39, 0.29) is 25.2 Å². The van der Waals surface area contributed by atoms with Gasteiger partial charge in [-0.2, -0.15) is 0 Å². The van der Waals surface area contributed by atoms with E-state index in [2.05, 4.69) is 10.6 Å². The highest BCUT2D eigenvalue weighted by molar-refractivity contribution is 5.96. The van der Waals surface area contributed by atoms with Gasteiger partial charge in [0.25, 0.3) is 0 Å². The Bertz CT molecular complexity index is 1600. The van der Waals surface area contributed by atoms with E-state index in [0.717, 1.165) is 27.5 Å². The van der Waals surface area contributed by atoms with Gasteiger partial charge in [0, 0.05) is 35.2 Å². The molecule has 0 bridgehead atoms. The van der Waals surface area contributed by atoms with E-state index in [1.54, 1.807) is 36.6 Å². The molecule has 9 heteroatoms. The molecular formula is C31H34N2O7. The van der Waals surface area contributed by atoms with Gasteiger partial charge in [-0.3, -0.25) is 9.59 Å². The van der Waals surface area contributed by atoms with Crippen molar-refractivity contribution in [2.45, 2.75) is 65.5 Å². The summed E-state index contributed by atoms with van der Waals surface area (Å²) in [5.74, 6) is -2.39. The van der Waals surface area contributed by atoms with E-state index in [1.807, 2.05) is 39.8 Å². The van der Waals surface area contributed by atoms with E-state index >= 15 is 0 Å². The van der Waals surface area contributed by atoms with Crippen LogP contribution in [0.25, 0.3) is 21.9 Å². The van der Waals surface area contributed by atoms with Crippen molar-refractivity contribution in [3.8, 4) is 0 Å². The largest absolute Gasteiger partial charge is 0.480 e. The first-order valence-corrected chi connectivity index (χ1v) is 13.4. The molecule has 2 aromatic heterocycles. The third-order valence-electron chi connectivity index (χ3n) is 7.49. The number of hydrogen-bond acceptors (Lipinski definition) is 6. The van der Waals surface area contributed by atoms with Gasteiger partial charge in [-0.15, -0.1) is 0 Å². The number of rotatable bonds is 11. The fourth-order valence-electron chi connectivity index (χ4n) is 4.82. The highest BCUT2D eigenvalue weighted by Gasteiger charge is 2.30. The molecule has 40 heavy (non-hydrogen) atoms. The minimum atomic E-state index is -1.16. The highest BCUT2D eigenvalue weighted by atomic mass is 16.4. The average molecular weight is 547 g/mol. The van der Waals surface area contributed by atoms with Gasteiger partial charge in [0.1, 0.15) is 23.2 Å². The van der Waals surface area contributed by atoms with Crippen molar-refractivity contribution in [2.75, 3.05) is 0 Å². The number of carbonyl (C=O) groups is 3. The van der Waals surface area contributed by atoms with Gasteiger partial charge in [-0.1, -0.05) is 50.6 Å². The second-order valence-corrected chi connectivity index (χ2v) is 10.3. The zero-order chi connectivity index (χ0) is 29.0. The number of carboxylic acids is 1. The normalized spacial score (nSPS) is 13.6. The summed E-state index contributed by atoms with van der Waals surface area (Å²) in [4.78, 5) is 50.8. The molecule has 0 spiro atoms. The molecule has 2 amide bonds. The minimum Gasteiger partial charge on any atom is -0.480 e. The molecule has 3 atom stereocenters. The van der Waals surface area contributed by atoms with Gasteiger partial charge in [-0.25, -0.2) is 9.59 Å². The quantitative estimate of drug-likeness (QED) is 0.237. The number of fused-ring (bicyclic) bond motifs is 2. The van der Waals surface area contributed by atoms with Crippen LogP contribution in [0.15, 0.2) is 62.4 Å². The van der Waals surface area contributed by atoms with Crippen LogP contribution in [0.5, 0.6) is 0 Å². The first kappa shape index (κ1) is 28.6. The predicted octanol–water partition coefficient (Wildman–Crippen LogP) is 4.43. The Kier molecular flexibility index (Phi) is 8.72. The monoisotopic (exact) mass is 546 g/mol. The molecule has 3 unspecified atom stereocenters. The van der Waals surface area contributed by atoms with Crippen LogP contribution in [0.1, 0.15) is 48.9 Å². The lowest BCUT2D eigenvalue weighted by Gasteiger charge is -2.25. The molecule has 4 aromatic rings. The third-order valence-corrected chi connectivity index (χ3v) is 7.49. The van der Waals surface area contributed by atoms with Crippen molar-refractivity contribution in [2.24, 2.45) is 5.92 Å². The molecule has 2 aromatic carbocycles. The summed E-state index contributed by atoms with van der Waals surface area (Å²) in [5.41, 5.74) is 3.36. The van der Waals surface area contributed by atoms with Crippen LogP contribution < -0.4 is 16.3 Å². The van der Waals surface area contributed by atoms with E-state index < -0.39 is 35.5 Å². The Morgan fingerprint density at radius 1 is 1.00 bits per heavy atom. The van der Waals surface area contributed by atoms with Crippen LogP contribution in [0, 0.1) is 19.8 Å². The molecule has 4 rings (SSSR count). The summed E-state index contributed by atoms with van der Waals surface area (Å²) in [7, 11) is 0. The second kappa shape index (κ2) is 12.2. The lowest BCUT2D eigenvalue weighted by molar-refractivity contribution is -0.142. The molecule has 0 saturated carbocycles. The zero-order valence-electron chi connectivity index (χ0n) is 23.1. The van der Waals surface area contributed by atoms with Gasteiger partial charge in [-0.05, 0) is 48.9 Å². The Balaban J connectivity index is 1.47. The van der Waals surface area contributed by atoms with Crippen LogP contribution >= 0.6 is 0 Å². The van der Waals surface area contributed by atoms with E-state index in [9.17, 15) is 24.3 Å². The number of nitrogens with one attached hydrogen (secondary N) is 2. The number of carbonyl (C=O) groups excluding carboxylic acids is 2. The van der Waals surface area contributed by atoms with Gasteiger partial charge < -0.3 is 24.6 Å². The topological polar surface area (TPSA) is 139 Å². The van der Waals surface area contributed by atoms with Gasteiger partial charge in [0.05, 0.1) is 6.26 Å². The smallest absolute Gasteiger partial charge is 0.339 e. The second-order valence-electron chi connectivity index (χ2n) is 10.3. The summed E-state index contributed by atoms with van der Waals surface area (Å²) in [6, 6.07) is 10.6. The van der Waals surface area contributed by atoms with Crippen LogP contribution in [0.2, 0.25) is 0 Å². The maximum Gasteiger partial charge on any atom is 0.339 e. The zero-order valence-corrected chi connectivity index (χ0v) is 23.1. The Morgan fingerprint density at radius 3 is 2.40 bits per heavy atom. The molecule has 210 valence electrons. The summed E-state index contributed by atoms with van der Waals surface area (Å²) in [6.45, 7) is 7.46. The minimum absolute atomic E-state index is 0.0450. The molecule has 0 aliphatic heterocycles. The molecule has 0 aliphatic carbocycles. The molecule has 0 radical (unpaired) electrons. The van der Waals surface area contributed by atoms with E-state index in [4.69, 9.17) is 8.83 Å². The van der Waals surface area contributed by atoms with Crippen molar-refractivity contribution in [1.82, 2.24) is 10.6 Å². The highest BCUT2D eigenvalue weighted by Crippen LogP contribution is 2.29. The number of amides is 2. The standard InChI is InChI=1S/C31H34N2O7/c1-5-17(2)28(29(35)32-24(30(36)37)13-20-9-7-6-8-10-20)33-27(34)12-11-21-19(4)23-14-22-18(3)16-39-25(22)15-26(23)40-31(21)38/h6-10,14-17,24,28H,5,11-13H2,1-4H3,(H,32,35)(H,33,34)(H,36,37). The van der Waals surface area contributed by atoms with E-state index in [0.29, 0.717) is 23.2 Å². The Labute approximate surface area is 231 Å². The molecule has 9 nitrogen and oxygen atoms in total. The van der Waals surface area contributed by atoms with E-state index in [1.165, 1.54) is 0 Å². The number of aliphatic carboxylic acids is 1. The van der Waals surface area contributed by atoms with Crippen LogP contribution in [-0.2, 0) is 27.2 Å². The lowest BCUT2D eigenvalue weighted by Crippen LogP contribution is -2.54. The SMILES string of the molecule is CCC(C)C(NC(=O)CCc1c(C)c2cc3c(C)coc3cc2oc1=O)C(=O)NC(Cc1ccccc1)C(=O)O. The van der Waals surface area contributed by atoms with Crippen molar-refractivity contribution in [1.29, 1.82) is 0 Å². The molecule has 0 fully saturated rings. The maximum absolute atomic E-state index is 13.2. The Morgan fingerprint density at radius 2 is 1.73 bits per heavy atom. The number of furan rings is 1. The number of benzene rings is 2. The number of carboxylic acid groups (broad SMARTS) is 1. The first-order chi connectivity index (χ1) is 19.1. The van der Waals surface area contributed by atoms with Crippen molar-refractivity contribution in [3.63, 3.8) is 0 Å². The summed E-state index contributed by atoms with van der Waals surface area (Å²) in [5, 5.41) is 16.7. The molecule has 0 aliphatic rings. The first-order valence-electron chi connectivity index (χ1n) is 13.4. The lowest BCUT2D eigenvalue weighted by atomic mass is 9.96. The van der Waals surface area contributed by atoms with Crippen molar-refractivity contribution >= 4 is 39.7 Å². The molecule has 2 heterocycles. The fourth-order valence-corrected chi connectivity index (χ4v) is 4.82. The van der Waals surface area contributed by atoms with Gasteiger partial charge in [0.15, 0.2) is 0 Å². The molecule has 0 saturated heterocycles. The molecule has 3 N–H and O–H groups in total. The fraction of sp³-hybridized carbons (Fsp3) is 0.355. The van der Waals surface area contributed by atoms with Crippen molar-refractivity contribution < 1.29 is 28.3 Å². The Hall–Kier alpha value is -4.40. The summed E-state index contributed by atoms with van der Waals surface area (Å²) in [6.07, 6.45) is 2.43. The van der Waals surface area contributed by atoms with Crippen LogP contribution in [0.3, 0.4) is 0 Å². The number of aryl methyl sites for hydroxylation is 2. The maximum atomic E-state index is 13.2. The van der Waals surface area contributed by atoms with Crippen LogP contribution in [0.4, 0.5) is 0 Å². The van der Waals surface area contributed by atoms with Gasteiger partial charge in [0.2, 0.25) is 11.8 Å². The summed E-state index contributed by atoms with van der Waals surface area (Å²) < 4.78 is 11.1. The molecular weight excluding hydrogens is 512 g/mol. The van der Waals surface area contributed by atoms with Crippen molar-refractivity contribution in [3.05, 3.63) is 81.4 Å². The summed E-state index contributed by atoms with van der Waals surface area (Å²) >= 11 is 0. The third kappa shape index (κ3) is 6.25. The average Bonchev–Trinajstić information content (AvgIpc) is 3.29.